The highest BCUT2D eigenvalue weighted by molar-refractivity contribution is 7.92. The van der Waals surface area contributed by atoms with Gasteiger partial charge in [-0.2, -0.15) is 13.2 Å². The van der Waals surface area contributed by atoms with Crippen molar-refractivity contribution >= 4 is 21.4 Å². The first-order valence-corrected chi connectivity index (χ1v) is 9.57. The minimum absolute atomic E-state index is 0.0587. The predicted molar refractivity (Wildman–Crippen MR) is 97.6 cm³/mol. The number of carbonyl (C=O) groups excluding carboxylic acids is 1. The predicted octanol–water partition coefficient (Wildman–Crippen LogP) is 3.06. The molecule has 152 valence electrons. The second-order valence-corrected chi connectivity index (χ2v) is 7.93. The molecule has 0 radical (unpaired) electrons. The number of likely N-dealkylation sites (N-methyl/N-ethyl adjacent to an activating group) is 1. The van der Waals surface area contributed by atoms with Crippen LogP contribution in [0.4, 0.5) is 18.9 Å². The third kappa shape index (κ3) is 5.16. The zero-order valence-electron chi connectivity index (χ0n) is 15.2. The second-order valence-electron chi connectivity index (χ2n) is 6.02. The molecule has 0 spiro atoms. The Kier molecular flexibility index (Phi) is 6.55. The summed E-state index contributed by atoms with van der Waals surface area (Å²) in [4.78, 5) is 12.1. The fraction of sp³-hybridized carbons (Fsp3) is 0.278. The van der Waals surface area contributed by atoms with Gasteiger partial charge in [-0.05, 0) is 29.8 Å². The van der Waals surface area contributed by atoms with Gasteiger partial charge in [0.15, 0.2) is 6.61 Å². The molecular weight excluding hydrogens is 397 g/mol. The number of halogens is 3. The van der Waals surface area contributed by atoms with E-state index in [1.165, 1.54) is 23.1 Å². The number of ether oxygens (including phenoxy) is 1. The average molecular weight is 416 g/mol. The van der Waals surface area contributed by atoms with Gasteiger partial charge in [-0.25, -0.2) is 8.42 Å². The molecule has 28 heavy (non-hydrogen) atoms. The van der Waals surface area contributed by atoms with Gasteiger partial charge in [0.2, 0.25) is 0 Å². The number of nitrogens with zero attached hydrogens (tertiary/aromatic N) is 1. The second kappa shape index (κ2) is 8.51. The molecule has 2 rings (SSSR count). The van der Waals surface area contributed by atoms with E-state index in [0.29, 0.717) is 11.3 Å². The summed E-state index contributed by atoms with van der Waals surface area (Å²) in [6.07, 6.45) is 0. The fourth-order valence-electron chi connectivity index (χ4n) is 2.19. The van der Waals surface area contributed by atoms with Gasteiger partial charge in [0.25, 0.3) is 15.7 Å². The van der Waals surface area contributed by atoms with E-state index in [-0.39, 0.29) is 24.7 Å². The average Bonchev–Trinajstić information content (AvgIpc) is 2.64. The summed E-state index contributed by atoms with van der Waals surface area (Å²) in [5, 5.41) is 2.71. The number of sulfone groups is 1. The number of hydrogen-bond acceptors (Lipinski definition) is 5. The van der Waals surface area contributed by atoms with Crippen LogP contribution in [0.1, 0.15) is 5.56 Å². The smallest absolute Gasteiger partial charge is 0.484 e. The lowest BCUT2D eigenvalue weighted by molar-refractivity contribution is -0.130. The zero-order chi connectivity index (χ0) is 20.9. The zero-order valence-corrected chi connectivity index (χ0v) is 16.0. The van der Waals surface area contributed by atoms with Crippen LogP contribution >= 0.6 is 0 Å². The van der Waals surface area contributed by atoms with E-state index in [4.69, 9.17) is 4.74 Å². The van der Waals surface area contributed by atoms with Crippen molar-refractivity contribution in [3.05, 3.63) is 54.1 Å². The van der Waals surface area contributed by atoms with Crippen LogP contribution in [0.3, 0.4) is 0 Å². The minimum Gasteiger partial charge on any atom is -0.484 e. The van der Waals surface area contributed by atoms with Gasteiger partial charge in [0.05, 0.1) is 10.6 Å². The van der Waals surface area contributed by atoms with Crippen LogP contribution in [0.15, 0.2) is 53.4 Å². The quantitative estimate of drug-likeness (QED) is 0.751. The maximum absolute atomic E-state index is 12.9. The van der Waals surface area contributed by atoms with Gasteiger partial charge >= 0.3 is 5.51 Å². The van der Waals surface area contributed by atoms with Crippen molar-refractivity contribution in [2.75, 3.05) is 26.0 Å². The Bertz CT molecular complexity index is 944. The van der Waals surface area contributed by atoms with E-state index in [1.807, 2.05) is 0 Å². The molecule has 1 N–H and O–H groups in total. The van der Waals surface area contributed by atoms with Gasteiger partial charge < -0.3 is 15.0 Å². The lowest BCUT2D eigenvalue weighted by Gasteiger charge is -2.15. The highest BCUT2D eigenvalue weighted by atomic mass is 32.2. The lowest BCUT2D eigenvalue weighted by Crippen LogP contribution is -2.27. The molecule has 6 nitrogen and oxygen atoms in total. The van der Waals surface area contributed by atoms with Gasteiger partial charge in [-0.1, -0.05) is 24.3 Å². The third-order valence-corrected chi connectivity index (χ3v) is 5.27. The SMILES string of the molecule is CN(C)C(=O)COc1cccc(CNc2ccccc2S(=O)(=O)C(F)(F)F)c1. The van der Waals surface area contributed by atoms with Gasteiger partial charge in [0, 0.05) is 20.6 Å². The summed E-state index contributed by atoms with van der Waals surface area (Å²) in [6, 6.07) is 11.4. The number of para-hydroxylation sites is 1. The highest BCUT2D eigenvalue weighted by Crippen LogP contribution is 2.34. The van der Waals surface area contributed by atoms with Crippen molar-refractivity contribution in [2.24, 2.45) is 0 Å². The molecule has 0 heterocycles. The highest BCUT2D eigenvalue weighted by Gasteiger charge is 2.47. The standard InChI is InChI=1S/C18H19F3N2O4S/c1-23(2)17(24)12-27-14-7-5-6-13(10-14)11-22-15-8-3-4-9-16(15)28(25,26)18(19,20)21/h3-10,22H,11-12H2,1-2H3. The Morgan fingerprint density at radius 1 is 1.11 bits per heavy atom. The topological polar surface area (TPSA) is 75.7 Å². The number of hydrogen-bond donors (Lipinski definition) is 1. The molecule has 0 fully saturated rings. The maximum atomic E-state index is 12.9. The number of benzene rings is 2. The van der Waals surface area contributed by atoms with Crippen molar-refractivity contribution in [1.82, 2.24) is 4.90 Å². The summed E-state index contributed by atoms with van der Waals surface area (Å²) in [5.74, 6) is 0.181. The van der Waals surface area contributed by atoms with E-state index < -0.39 is 20.2 Å². The molecule has 0 aromatic heterocycles. The Balaban J connectivity index is 2.14. The Morgan fingerprint density at radius 2 is 1.79 bits per heavy atom. The van der Waals surface area contributed by atoms with Gasteiger partial charge in [-0.15, -0.1) is 0 Å². The number of amides is 1. The minimum atomic E-state index is -5.48. The molecule has 0 aliphatic carbocycles. The number of anilines is 1. The molecule has 2 aromatic rings. The third-order valence-electron chi connectivity index (χ3n) is 3.72. The summed E-state index contributed by atoms with van der Waals surface area (Å²) in [5.41, 5.74) is -4.92. The molecule has 0 bridgehead atoms. The van der Waals surface area contributed by atoms with Crippen molar-refractivity contribution in [3.63, 3.8) is 0 Å². The van der Waals surface area contributed by atoms with Crippen LogP contribution in [-0.2, 0) is 21.2 Å². The van der Waals surface area contributed by atoms with Gasteiger partial charge in [0.1, 0.15) is 5.75 Å². The number of alkyl halides is 3. The largest absolute Gasteiger partial charge is 0.501 e. The molecule has 0 unspecified atom stereocenters. The van der Waals surface area contributed by atoms with E-state index in [9.17, 15) is 26.4 Å². The first kappa shape index (κ1) is 21.5. The van der Waals surface area contributed by atoms with E-state index in [1.54, 1.807) is 38.4 Å². The molecule has 0 aliphatic heterocycles. The molecule has 10 heteroatoms. The molecular formula is C18H19F3N2O4S. The van der Waals surface area contributed by atoms with E-state index in [2.05, 4.69) is 5.32 Å². The van der Waals surface area contributed by atoms with Crippen molar-refractivity contribution in [1.29, 1.82) is 0 Å². The van der Waals surface area contributed by atoms with Crippen LogP contribution in [-0.4, -0.2) is 45.4 Å². The molecule has 2 aromatic carbocycles. The van der Waals surface area contributed by atoms with E-state index in [0.717, 1.165) is 6.07 Å². The number of nitrogens with one attached hydrogen (secondary N) is 1. The van der Waals surface area contributed by atoms with Crippen molar-refractivity contribution in [3.8, 4) is 5.75 Å². The molecule has 0 saturated carbocycles. The maximum Gasteiger partial charge on any atom is 0.501 e. The Morgan fingerprint density at radius 3 is 2.43 bits per heavy atom. The summed E-state index contributed by atoms with van der Waals surface area (Å²) in [6.45, 7) is -0.0975. The van der Waals surface area contributed by atoms with Crippen LogP contribution in [0.5, 0.6) is 5.75 Å². The first-order valence-electron chi connectivity index (χ1n) is 8.08. The number of rotatable bonds is 7. The number of carbonyl (C=O) groups is 1. The molecule has 1 amide bonds. The van der Waals surface area contributed by atoms with Crippen LogP contribution < -0.4 is 10.1 Å². The summed E-state index contributed by atoms with van der Waals surface area (Å²) >= 11 is 0. The Hall–Kier alpha value is -2.75. The summed E-state index contributed by atoms with van der Waals surface area (Å²) in [7, 11) is -2.28. The fourth-order valence-corrected chi connectivity index (χ4v) is 3.13. The normalized spacial score (nSPS) is 11.8. The van der Waals surface area contributed by atoms with Crippen LogP contribution in [0.25, 0.3) is 0 Å². The summed E-state index contributed by atoms with van der Waals surface area (Å²) < 4.78 is 67.4. The van der Waals surface area contributed by atoms with Crippen LogP contribution in [0.2, 0.25) is 0 Å². The van der Waals surface area contributed by atoms with Gasteiger partial charge in [-0.3, -0.25) is 4.79 Å². The van der Waals surface area contributed by atoms with E-state index >= 15 is 0 Å². The molecule has 0 atom stereocenters. The monoisotopic (exact) mass is 416 g/mol. The first-order chi connectivity index (χ1) is 13.0. The van der Waals surface area contributed by atoms with Crippen molar-refractivity contribution < 1.29 is 31.1 Å². The lowest BCUT2D eigenvalue weighted by atomic mass is 10.2. The van der Waals surface area contributed by atoms with Crippen molar-refractivity contribution in [2.45, 2.75) is 16.9 Å². The molecule has 0 saturated heterocycles. The molecule has 0 aliphatic rings. The Labute approximate surface area is 160 Å². The van der Waals surface area contributed by atoms with Crippen LogP contribution in [0, 0.1) is 0 Å².